The third-order valence-corrected chi connectivity index (χ3v) is 7.99. The molecule has 182 valence electrons. The number of nitrogens with zero attached hydrogens (tertiary/aromatic N) is 3. The van der Waals surface area contributed by atoms with Crippen molar-refractivity contribution in [3.05, 3.63) is 47.0 Å². The number of β-lactam (4-membered cyclic amide) rings is 1. The van der Waals surface area contributed by atoms with Gasteiger partial charge in [0.15, 0.2) is 10.8 Å². The highest BCUT2D eigenvalue weighted by Gasteiger charge is 2.68. The number of thioether (sulfide) groups is 1. The number of amides is 2. The molecule has 2 aromatic rings. The molecule has 5 rings (SSSR count). The van der Waals surface area contributed by atoms with Gasteiger partial charge >= 0.3 is 5.97 Å². The van der Waals surface area contributed by atoms with Crippen LogP contribution in [0, 0.1) is 5.92 Å². The number of benzene rings is 1. The summed E-state index contributed by atoms with van der Waals surface area (Å²) in [6.07, 6.45) is -0.130. The zero-order valence-corrected chi connectivity index (χ0v) is 19.5. The number of aliphatic carboxylic acids is 1. The van der Waals surface area contributed by atoms with Gasteiger partial charge in [0, 0.05) is 17.1 Å². The highest BCUT2D eigenvalue weighted by Crippen LogP contribution is 2.50. The van der Waals surface area contributed by atoms with Gasteiger partial charge in [-0.05, 0) is 5.56 Å². The number of esters is 1. The van der Waals surface area contributed by atoms with Gasteiger partial charge in [-0.1, -0.05) is 35.5 Å². The zero-order valence-electron chi connectivity index (χ0n) is 17.9. The molecule has 1 aromatic carbocycles. The van der Waals surface area contributed by atoms with E-state index in [4.69, 9.17) is 15.3 Å². The fourth-order valence-electron chi connectivity index (χ4n) is 4.25. The van der Waals surface area contributed by atoms with E-state index in [0.29, 0.717) is 0 Å². The number of carbonyl (C=O) groups is 4. The van der Waals surface area contributed by atoms with Crippen molar-refractivity contribution >= 4 is 57.7 Å². The highest BCUT2D eigenvalue weighted by molar-refractivity contribution is 8.00. The standard InChI is InChI=1S/C21H19N5O7S2/c22-20-23-12(9-35-20)14(25-32-7-10-4-2-1-3-5-10)16(28)24-15-17(29)26-18(15)34-8-11-6-13(27)33-21(11,26)19(30)31/h1-5,9,11,15,18H,6-8H2,(H2,22,23)(H,24,28)(H,30,31)/p-1/b25-14-/t11-,15+,18+,21+/m0/s1. The summed E-state index contributed by atoms with van der Waals surface area (Å²) in [4.78, 5) is 60.3. The fourth-order valence-corrected chi connectivity index (χ4v) is 6.36. The van der Waals surface area contributed by atoms with E-state index in [1.165, 1.54) is 17.1 Å². The third-order valence-electron chi connectivity index (χ3n) is 5.89. The van der Waals surface area contributed by atoms with Crippen molar-refractivity contribution in [3.63, 3.8) is 0 Å². The molecule has 12 nitrogen and oxygen atoms in total. The molecule has 4 atom stereocenters. The van der Waals surface area contributed by atoms with Crippen LogP contribution in [0.3, 0.4) is 0 Å². The van der Waals surface area contributed by atoms with Crippen LogP contribution in [0.5, 0.6) is 0 Å². The van der Waals surface area contributed by atoms with Crippen molar-refractivity contribution in [1.82, 2.24) is 15.2 Å². The summed E-state index contributed by atoms with van der Waals surface area (Å²) in [5.74, 6) is -4.33. The minimum atomic E-state index is -2.16. The van der Waals surface area contributed by atoms with E-state index in [2.05, 4.69) is 15.5 Å². The molecule has 35 heavy (non-hydrogen) atoms. The Morgan fingerprint density at radius 3 is 2.80 bits per heavy atom. The van der Waals surface area contributed by atoms with E-state index >= 15 is 0 Å². The van der Waals surface area contributed by atoms with Crippen molar-refractivity contribution < 1.29 is 33.9 Å². The monoisotopic (exact) mass is 516 g/mol. The van der Waals surface area contributed by atoms with E-state index in [1.807, 2.05) is 30.3 Å². The van der Waals surface area contributed by atoms with E-state index in [1.54, 1.807) is 0 Å². The molecule has 0 aliphatic carbocycles. The first-order chi connectivity index (χ1) is 16.8. The summed E-state index contributed by atoms with van der Waals surface area (Å²) < 4.78 is 5.10. The van der Waals surface area contributed by atoms with Crippen LogP contribution >= 0.6 is 23.1 Å². The van der Waals surface area contributed by atoms with Gasteiger partial charge in [-0.25, -0.2) is 4.98 Å². The molecule has 1 aromatic heterocycles. The predicted molar refractivity (Wildman–Crippen MR) is 121 cm³/mol. The van der Waals surface area contributed by atoms with Gasteiger partial charge in [-0.3, -0.25) is 19.3 Å². The van der Waals surface area contributed by atoms with Gasteiger partial charge in [0.2, 0.25) is 5.72 Å². The number of hydrogen-bond donors (Lipinski definition) is 2. The molecular weight excluding hydrogens is 498 g/mol. The number of nitrogens with two attached hydrogens (primary N) is 1. The van der Waals surface area contributed by atoms with Crippen molar-refractivity contribution in [2.45, 2.75) is 30.2 Å². The van der Waals surface area contributed by atoms with Gasteiger partial charge in [-0.2, -0.15) is 0 Å². The Kier molecular flexibility index (Phi) is 5.84. The molecule has 4 heterocycles. The molecule has 3 aliphatic rings. The highest BCUT2D eigenvalue weighted by atomic mass is 32.2. The van der Waals surface area contributed by atoms with Crippen molar-refractivity contribution in [1.29, 1.82) is 0 Å². The van der Waals surface area contributed by atoms with Crippen molar-refractivity contribution in [3.8, 4) is 0 Å². The molecule has 0 saturated carbocycles. The summed E-state index contributed by atoms with van der Waals surface area (Å²) >= 11 is 2.35. The smallest absolute Gasteiger partial charge is 0.308 e. The lowest BCUT2D eigenvalue weighted by Gasteiger charge is -2.58. The number of oxime groups is 1. The van der Waals surface area contributed by atoms with E-state index in [-0.39, 0.29) is 35.3 Å². The van der Waals surface area contributed by atoms with E-state index in [0.717, 1.165) is 21.8 Å². The van der Waals surface area contributed by atoms with Crippen LogP contribution in [0.25, 0.3) is 0 Å². The van der Waals surface area contributed by atoms with Crippen LogP contribution in [-0.4, -0.2) is 62.2 Å². The molecule has 3 aliphatic heterocycles. The average molecular weight is 517 g/mol. The van der Waals surface area contributed by atoms with Gasteiger partial charge in [0.1, 0.15) is 29.7 Å². The molecule has 3 saturated heterocycles. The van der Waals surface area contributed by atoms with Gasteiger partial charge in [-0.15, -0.1) is 23.1 Å². The lowest BCUT2D eigenvalue weighted by atomic mass is 9.89. The zero-order chi connectivity index (χ0) is 24.7. The molecule has 14 heteroatoms. The van der Waals surface area contributed by atoms with Crippen LogP contribution in [0.15, 0.2) is 40.9 Å². The summed E-state index contributed by atoms with van der Waals surface area (Å²) in [6, 6.07) is 8.10. The summed E-state index contributed by atoms with van der Waals surface area (Å²) in [5, 5.41) is 19.4. The Bertz CT molecular complexity index is 1240. The number of aromatic nitrogens is 1. The largest absolute Gasteiger partial charge is 0.544 e. The number of fused-ring (bicyclic) bond motifs is 3. The summed E-state index contributed by atoms with van der Waals surface area (Å²) in [7, 11) is 0. The maximum absolute atomic E-state index is 13.1. The lowest BCUT2D eigenvalue weighted by molar-refractivity contribution is -0.340. The maximum atomic E-state index is 13.1. The van der Waals surface area contributed by atoms with Crippen LogP contribution in [0.1, 0.15) is 17.7 Å². The second kappa shape index (κ2) is 8.85. The number of nitrogen functional groups attached to an aromatic ring is 1. The van der Waals surface area contributed by atoms with Gasteiger partial charge < -0.3 is 30.5 Å². The second-order valence-electron chi connectivity index (χ2n) is 8.01. The quantitative estimate of drug-likeness (QED) is 0.202. The minimum Gasteiger partial charge on any atom is -0.544 e. The number of anilines is 1. The SMILES string of the molecule is Nc1nc(/C(=N/OCc2ccccc2)C(=O)N[C@@H]2C(=O)N3[C@@H]2SC[C@@H]2CC(=O)O[C@@]23C(=O)[O-])cs1. The third kappa shape index (κ3) is 3.87. The first-order valence-electron chi connectivity index (χ1n) is 10.5. The van der Waals surface area contributed by atoms with E-state index in [9.17, 15) is 24.3 Å². The number of carbonyl (C=O) groups excluding carboxylic acids is 4. The Morgan fingerprint density at radius 2 is 2.11 bits per heavy atom. The first kappa shape index (κ1) is 23.1. The maximum Gasteiger partial charge on any atom is 0.308 e. The van der Waals surface area contributed by atoms with Crippen LogP contribution < -0.4 is 16.2 Å². The molecule has 2 amide bonds. The molecule has 0 radical (unpaired) electrons. The number of thiazole rings is 1. The normalized spacial score (nSPS) is 27.4. The molecule has 3 N–H and O–H groups in total. The van der Waals surface area contributed by atoms with Gasteiger partial charge in [0.25, 0.3) is 11.8 Å². The Morgan fingerprint density at radius 1 is 1.34 bits per heavy atom. The van der Waals surface area contributed by atoms with Crippen molar-refractivity contribution in [2.75, 3.05) is 11.5 Å². The van der Waals surface area contributed by atoms with Gasteiger partial charge in [0.05, 0.1) is 6.42 Å². The Hall–Kier alpha value is -3.65. The first-order valence-corrected chi connectivity index (χ1v) is 12.4. The topological polar surface area (TPSA) is 176 Å². The number of hydrogen-bond acceptors (Lipinski definition) is 12. The van der Waals surface area contributed by atoms with E-state index < -0.39 is 46.8 Å². The molecule has 0 spiro atoms. The molecular formula is C21H18N5O7S2-. The number of rotatable bonds is 7. The second-order valence-corrected chi connectivity index (χ2v) is 10.1. The average Bonchev–Trinajstić information content (AvgIpc) is 3.42. The van der Waals surface area contributed by atoms with Crippen LogP contribution in [0.4, 0.5) is 5.13 Å². The Labute approximate surface area is 206 Å². The number of carboxylic acids is 1. The summed E-state index contributed by atoms with van der Waals surface area (Å²) in [5.41, 5.74) is 4.33. The number of nitrogens with one attached hydrogen (secondary N) is 1. The Balaban J connectivity index is 1.34. The molecule has 3 fully saturated rings. The fraction of sp³-hybridized carbons (Fsp3) is 0.333. The van der Waals surface area contributed by atoms with Crippen LogP contribution in [-0.2, 0) is 35.4 Å². The molecule has 0 bridgehead atoms. The van der Waals surface area contributed by atoms with Crippen molar-refractivity contribution in [2.24, 2.45) is 11.1 Å². The number of ether oxygens (including phenoxy) is 1. The predicted octanol–water partition coefficient (Wildman–Crippen LogP) is -0.945. The minimum absolute atomic E-state index is 0.0900. The molecule has 0 unspecified atom stereocenters. The lowest BCUT2D eigenvalue weighted by Crippen LogP contribution is -2.82. The number of carboxylic acid groups (broad SMARTS) is 1. The summed E-state index contributed by atoms with van der Waals surface area (Å²) in [6.45, 7) is 0.0900. The van der Waals surface area contributed by atoms with Crippen LogP contribution in [0.2, 0.25) is 0 Å².